The Morgan fingerprint density at radius 1 is 1.80 bits per heavy atom. The molecule has 0 aromatic rings. The van der Waals surface area contributed by atoms with Crippen LogP contribution < -0.4 is 0 Å². The second kappa shape index (κ2) is 2.90. The van der Waals surface area contributed by atoms with Gasteiger partial charge in [0.1, 0.15) is 0 Å². The predicted octanol–water partition coefficient (Wildman–Crippen LogP) is 2.70. The maximum absolute atomic E-state index is 4.89. The number of oxime groups is 1. The molecule has 0 radical (unpaired) electrons. The van der Waals surface area contributed by atoms with Crippen molar-refractivity contribution < 1.29 is 4.84 Å². The Morgan fingerprint density at radius 2 is 2.50 bits per heavy atom. The number of nitrogens with zero attached hydrogens (tertiary/aromatic N) is 1. The maximum Gasteiger partial charge on any atom is 0.191 e. The molecule has 0 fully saturated rings. The van der Waals surface area contributed by atoms with Crippen molar-refractivity contribution in [2.45, 2.75) is 20.3 Å². The van der Waals surface area contributed by atoms with Gasteiger partial charge in [-0.2, -0.15) is 0 Å². The number of hydrogen-bond donors (Lipinski definition) is 0. The van der Waals surface area contributed by atoms with Gasteiger partial charge in [0, 0.05) is 28.0 Å². The molecule has 1 aliphatic rings. The molecule has 10 heavy (non-hydrogen) atoms. The second-order valence-corrected chi connectivity index (χ2v) is 3.70. The molecule has 3 heteroatoms. The Hall–Kier alpha value is -0.0600. The van der Waals surface area contributed by atoms with Crippen molar-refractivity contribution in [2.75, 3.05) is 0 Å². The van der Waals surface area contributed by atoms with E-state index in [0.717, 1.165) is 10.2 Å². The monoisotopic (exact) mass is 251 g/mol. The minimum absolute atomic E-state index is 0.106. The summed E-state index contributed by atoms with van der Waals surface area (Å²) in [6.07, 6.45) is 4.99. The maximum atomic E-state index is 4.89. The third kappa shape index (κ3) is 1.71. The summed E-state index contributed by atoms with van der Waals surface area (Å²) >= 11 is 2.13. The van der Waals surface area contributed by atoms with E-state index < -0.39 is 0 Å². The SMILES string of the molecule is CC[C@@]1(C)C=NOC(I)=C1. The Morgan fingerprint density at radius 3 is 2.90 bits per heavy atom. The smallest absolute Gasteiger partial charge is 0.191 e. The van der Waals surface area contributed by atoms with Crippen LogP contribution in [-0.2, 0) is 4.84 Å². The third-order valence-corrected chi connectivity index (χ3v) is 2.20. The predicted molar refractivity (Wildman–Crippen MR) is 50.1 cm³/mol. The summed E-state index contributed by atoms with van der Waals surface area (Å²) in [5.74, 6) is 0. The number of allylic oxidation sites excluding steroid dienone is 1. The topological polar surface area (TPSA) is 21.6 Å². The van der Waals surface area contributed by atoms with Gasteiger partial charge in [0.15, 0.2) is 3.77 Å². The van der Waals surface area contributed by atoms with E-state index in [2.05, 4.69) is 47.7 Å². The van der Waals surface area contributed by atoms with E-state index in [9.17, 15) is 0 Å². The fourth-order valence-electron chi connectivity index (χ4n) is 0.713. The van der Waals surface area contributed by atoms with Crippen LogP contribution in [0.1, 0.15) is 20.3 Å². The van der Waals surface area contributed by atoms with Crippen LogP contribution in [0.15, 0.2) is 15.0 Å². The Kier molecular flexibility index (Phi) is 2.33. The highest BCUT2D eigenvalue weighted by atomic mass is 127. The van der Waals surface area contributed by atoms with E-state index in [4.69, 9.17) is 4.84 Å². The lowest BCUT2D eigenvalue weighted by Gasteiger charge is -2.20. The molecule has 0 bridgehead atoms. The minimum Gasteiger partial charge on any atom is -0.351 e. The molecule has 0 amide bonds. The molecule has 0 saturated carbocycles. The lowest BCUT2D eigenvalue weighted by molar-refractivity contribution is 0.245. The highest BCUT2D eigenvalue weighted by molar-refractivity contribution is 14.1. The van der Waals surface area contributed by atoms with Crippen molar-refractivity contribution in [2.24, 2.45) is 10.6 Å². The molecular weight excluding hydrogens is 241 g/mol. The molecule has 56 valence electrons. The van der Waals surface area contributed by atoms with Crippen molar-refractivity contribution in [3.05, 3.63) is 9.84 Å². The molecule has 2 nitrogen and oxygen atoms in total. The molecule has 0 unspecified atom stereocenters. The summed E-state index contributed by atoms with van der Waals surface area (Å²) in [4.78, 5) is 4.89. The van der Waals surface area contributed by atoms with Crippen LogP contribution in [-0.4, -0.2) is 6.21 Å². The van der Waals surface area contributed by atoms with Gasteiger partial charge in [-0.05, 0) is 12.5 Å². The van der Waals surface area contributed by atoms with Crippen molar-refractivity contribution in [3.63, 3.8) is 0 Å². The van der Waals surface area contributed by atoms with Gasteiger partial charge in [-0.3, -0.25) is 0 Å². The average molecular weight is 251 g/mol. The van der Waals surface area contributed by atoms with Gasteiger partial charge in [0.05, 0.1) is 6.21 Å². The fourth-order valence-corrected chi connectivity index (χ4v) is 1.54. The molecule has 1 heterocycles. The summed E-state index contributed by atoms with van der Waals surface area (Å²) in [6.45, 7) is 4.27. The van der Waals surface area contributed by atoms with Gasteiger partial charge in [-0.1, -0.05) is 19.0 Å². The first-order valence-corrected chi connectivity index (χ1v) is 4.34. The van der Waals surface area contributed by atoms with Gasteiger partial charge < -0.3 is 4.84 Å². The van der Waals surface area contributed by atoms with Crippen LogP contribution in [0.2, 0.25) is 0 Å². The molecule has 0 aromatic heterocycles. The largest absolute Gasteiger partial charge is 0.351 e. The van der Waals surface area contributed by atoms with Crippen LogP contribution in [0, 0.1) is 5.41 Å². The Labute approximate surface area is 74.5 Å². The zero-order chi connectivity index (χ0) is 7.61. The number of hydrogen-bond acceptors (Lipinski definition) is 2. The molecule has 1 rings (SSSR count). The van der Waals surface area contributed by atoms with Gasteiger partial charge in [0.25, 0.3) is 0 Å². The zero-order valence-electron chi connectivity index (χ0n) is 6.10. The molecule has 1 aliphatic heterocycles. The number of rotatable bonds is 1. The molecule has 0 saturated heterocycles. The average Bonchev–Trinajstić information content (AvgIpc) is 1.88. The van der Waals surface area contributed by atoms with Crippen molar-refractivity contribution >= 4 is 28.8 Å². The van der Waals surface area contributed by atoms with Crippen LogP contribution >= 0.6 is 22.6 Å². The summed E-state index contributed by atoms with van der Waals surface area (Å²) < 4.78 is 0.865. The van der Waals surface area contributed by atoms with Crippen molar-refractivity contribution in [1.82, 2.24) is 0 Å². The zero-order valence-corrected chi connectivity index (χ0v) is 8.25. The Balaban J connectivity index is 2.78. The van der Waals surface area contributed by atoms with E-state index in [1.807, 2.05) is 6.21 Å². The molecular formula is C7H10INO. The number of halogens is 1. The van der Waals surface area contributed by atoms with E-state index >= 15 is 0 Å². The molecule has 0 N–H and O–H groups in total. The van der Waals surface area contributed by atoms with Gasteiger partial charge in [-0.15, -0.1) is 0 Å². The van der Waals surface area contributed by atoms with Crippen LogP contribution in [0.5, 0.6) is 0 Å². The first-order chi connectivity index (χ1) is 4.66. The van der Waals surface area contributed by atoms with Crippen molar-refractivity contribution in [3.8, 4) is 0 Å². The van der Waals surface area contributed by atoms with E-state index in [-0.39, 0.29) is 5.41 Å². The summed E-state index contributed by atoms with van der Waals surface area (Å²) in [5.41, 5.74) is 0.106. The summed E-state index contributed by atoms with van der Waals surface area (Å²) in [7, 11) is 0. The lowest BCUT2D eigenvalue weighted by atomic mass is 9.89. The van der Waals surface area contributed by atoms with Gasteiger partial charge >= 0.3 is 0 Å². The normalized spacial score (nSPS) is 31.3. The fraction of sp³-hybridized carbons (Fsp3) is 0.571. The standard InChI is InChI=1S/C7H10INO/c1-3-7(2)4-6(8)10-9-5-7/h4-5H,3H2,1-2H3/t7-/m1/s1. The van der Waals surface area contributed by atoms with Crippen molar-refractivity contribution in [1.29, 1.82) is 0 Å². The van der Waals surface area contributed by atoms with Gasteiger partial charge in [-0.25, -0.2) is 0 Å². The van der Waals surface area contributed by atoms with E-state index in [1.165, 1.54) is 0 Å². The van der Waals surface area contributed by atoms with Crippen LogP contribution in [0.25, 0.3) is 0 Å². The van der Waals surface area contributed by atoms with Gasteiger partial charge in [0.2, 0.25) is 0 Å². The Bertz CT molecular complexity index is 188. The summed E-state index contributed by atoms with van der Waals surface area (Å²) in [6, 6.07) is 0. The molecule has 0 spiro atoms. The minimum atomic E-state index is 0.106. The van der Waals surface area contributed by atoms with E-state index in [1.54, 1.807) is 0 Å². The quantitative estimate of drug-likeness (QED) is 0.656. The molecule has 0 aromatic carbocycles. The first-order valence-electron chi connectivity index (χ1n) is 3.26. The van der Waals surface area contributed by atoms with Crippen LogP contribution in [0.3, 0.4) is 0 Å². The third-order valence-electron chi connectivity index (χ3n) is 1.69. The summed E-state index contributed by atoms with van der Waals surface area (Å²) in [5, 5.41) is 3.78. The highest BCUT2D eigenvalue weighted by Crippen LogP contribution is 2.28. The molecule has 1 atom stereocenters. The second-order valence-electron chi connectivity index (χ2n) is 2.63. The van der Waals surface area contributed by atoms with Crippen LogP contribution in [0.4, 0.5) is 0 Å². The van der Waals surface area contributed by atoms with E-state index in [0.29, 0.717) is 0 Å². The highest BCUT2D eigenvalue weighted by Gasteiger charge is 2.20. The first kappa shape index (κ1) is 8.04. The molecule has 0 aliphatic carbocycles. The lowest BCUT2D eigenvalue weighted by Crippen LogP contribution is -2.16.